The van der Waals surface area contributed by atoms with Crippen LogP contribution in [0.2, 0.25) is 0 Å². The molecule has 2 aliphatic heterocycles. The summed E-state index contributed by atoms with van der Waals surface area (Å²) in [5, 5.41) is 29.0. The highest BCUT2D eigenvalue weighted by molar-refractivity contribution is 7.89. The van der Waals surface area contributed by atoms with E-state index < -0.39 is 46.6 Å². The third-order valence-electron chi connectivity index (χ3n) is 3.11. The first-order chi connectivity index (χ1) is 8.29. The van der Waals surface area contributed by atoms with Crippen molar-refractivity contribution < 1.29 is 33.2 Å². The van der Waals surface area contributed by atoms with Gasteiger partial charge in [-0.2, -0.15) is 4.40 Å². The van der Waals surface area contributed by atoms with Crippen molar-refractivity contribution in [3.8, 4) is 0 Å². The van der Waals surface area contributed by atoms with Crippen LogP contribution in [0.15, 0.2) is 4.40 Å². The lowest BCUT2D eigenvalue weighted by Gasteiger charge is -2.40. The van der Waals surface area contributed by atoms with Gasteiger partial charge in [-0.15, -0.1) is 0 Å². The molecule has 2 bridgehead atoms. The predicted octanol–water partition coefficient (Wildman–Crippen LogP) is -2.53. The summed E-state index contributed by atoms with van der Waals surface area (Å²) in [6.07, 6.45) is -1.73. The number of nitrogens with zero attached hydrogens (tertiary/aromatic N) is 1. The molecule has 2 heterocycles. The Morgan fingerprint density at radius 1 is 1.50 bits per heavy atom. The van der Waals surface area contributed by atoms with Crippen molar-refractivity contribution in [3.05, 3.63) is 0 Å². The fourth-order valence-corrected chi connectivity index (χ4v) is 2.43. The Balaban J connectivity index is 2.23. The molecule has 3 N–H and O–H groups in total. The number of aliphatic hydroxyl groups excluding tert-OH is 3. The molecule has 0 amide bonds. The molecule has 0 aromatic rings. The number of rotatable bonds is 3. The fourth-order valence-electron chi connectivity index (χ4n) is 2.07. The maximum Gasteiger partial charge on any atom is 0.249 e. The average Bonchev–Trinajstić information content (AvgIpc) is 2.68. The molecule has 0 aromatic carbocycles. The average molecular weight is 281 g/mol. The quantitative estimate of drug-likeness (QED) is 0.487. The molecule has 0 spiro atoms. The second kappa shape index (κ2) is 4.51. The molecular weight excluding hydrogens is 266 g/mol. The molecule has 0 aliphatic carbocycles. The van der Waals surface area contributed by atoms with Gasteiger partial charge >= 0.3 is 0 Å². The Labute approximate surface area is 104 Å². The number of hydrogen-bond donors (Lipinski definition) is 3. The minimum absolute atomic E-state index is 0.0738. The number of aliphatic hydroxyl groups is 3. The van der Waals surface area contributed by atoms with E-state index in [-0.39, 0.29) is 6.61 Å². The number of fused-ring (bicyclic) bond motifs is 2. The summed E-state index contributed by atoms with van der Waals surface area (Å²) in [7, 11) is -3.59. The normalized spacial score (nSPS) is 44.7. The van der Waals surface area contributed by atoms with Gasteiger partial charge in [-0.05, 0) is 0 Å². The van der Waals surface area contributed by atoms with Gasteiger partial charge in [0, 0.05) is 6.21 Å². The summed E-state index contributed by atoms with van der Waals surface area (Å²) in [4.78, 5) is 0. The van der Waals surface area contributed by atoms with Crippen LogP contribution in [0.4, 0.5) is 0 Å². The first-order valence-corrected chi connectivity index (χ1v) is 7.16. The van der Waals surface area contributed by atoms with E-state index in [2.05, 4.69) is 4.40 Å². The molecule has 8 nitrogen and oxygen atoms in total. The second-order valence-electron chi connectivity index (χ2n) is 4.52. The summed E-state index contributed by atoms with van der Waals surface area (Å²) >= 11 is 0. The Hall–Kier alpha value is -0.580. The van der Waals surface area contributed by atoms with Crippen LogP contribution < -0.4 is 0 Å². The van der Waals surface area contributed by atoms with Gasteiger partial charge in [-0.25, -0.2) is 8.42 Å². The molecule has 5 atom stereocenters. The van der Waals surface area contributed by atoms with Crippen LogP contribution in [0.25, 0.3) is 0 Å². The molecule has 2 aliphatic rings. The highest BCUT2D eigenvalue weighted by Crippen LogP contribution is 2.39. The standard InChI is InChI=1S/C9H15NO7S/c1-18(14,15)10-2-5-6(12)7(13)9(3-11)4-16-8(5)17-9/h2,5-8,11-13H,3-4H2,1H3/b10-2+/t5?,6-,7-,8+,9+/m1/s1. The SMILES string of the molecule is CS(=O)(=O)/N=C/C1[C@H]2OC[C@](CO)(O2)[C@H](O)[C@@H]1O. The van der Waals surface area contributed by atoms with Gasteiger partial charge in [0.05, 0.1) is 31.5 Å². The largest absolute Gasteiger partial charge is 0.393 e. The molecule has 0 aromatic heterocycles. The zero-order valence-electron chi connectivity index (χ0n) is 9.63. The minimum atomic E-state index is -3.59. The molecule has 18 heavy (non-hydrogen) atoms. The van der Waals surface area contributed by atoms with Gasteiger partial charge in [0.2, 0.25) is 10.0 Å². The van der Waals surface area contributed by atoms with E-state index in [1.54, 1.807) is 0 Å². The van der Waals surface area contributed by atoms with Crippen molar-refractivity contribution in [2.75, 3.05) is 19.5 Å². The van der Waals surface area contributed by atoms with E-state index in [0.29, 0.717) is 0 Å². The van der Waals surface area contributed by atoms with Gasteiger partial charge in [0.25, 0.3) is 0 Å². The number of hydrogen-bond acceptors (Lipinski definition) is 7. The lowest BCUT2D eigenvalue weighted by atomic mass is 9.85. The van der Waals surface area contributed by atoms with Gasteiger partial charge in [-0.1, -0.05) is 0 Å². The number of sulfonamides is 1. The Kier molecular flexibility index (Phi) is 3.47. The maximum atomic E-state index is 10.9. The van der Waals surface area contributed by atoms with Crippen LogP contribution in [0.3, 0.4) is 0 Å². The third-order valence-corrected chi connectivity index (χ3v) is 3.61. The topological polar surface area (TPSA) is 126 Å². The zero-order chi connectivity index (χ0) is 13.6. The summed E-state index contributed by atoms with van der Waals surface area (Å²) in [5.74, 6) is -0.906. The zero-order valence-corrected chi connectivity index (χ0v) is 10.4. The molecule has 2 fully saturated rings. The highest BCUT2D eigenvalue weighted by atomic mass is 32.2. The molecule has 2 rings (SSSR count). The van der Waals surface area contributed by atoms with Crippen molar-refractivity contribution in [2.24, 2.45) is 10.3 Å². The summed E-state index contributed by atoms with van der Waals surface area (Å²) in [6.45, 7) is -0.576. The van der Waals surface area contributed by atoms with Crippen LogP contribution in [0, 0.1) is 5.92 Å². The van der Waals surface area contributed by atoms with Gasteiger partial charge in [0.1, 0.15) is 11.7 Å². The van der Waals surface area contributed by atoms with E-state index in [4.69, 9.17) is 9.47 Å². The van der Waals surface area contributed by atoms with Gasteiger partial charge < -0.3 is 24.8 Å². The van der Waals surface area contributed by atoms with E-state index in [9.17, 15) is 23.7 Å². The first-order valence-electron chi connectivity index (χ1n) is 5.31. The molecule has 2 saturated heterocycles. The van der Waals surface area contributed by atoms with Crippen LogP contribution in [0.5, 0.6) is 0 Å². The molecule has 0 saturated carbocycles. The molecule has 0 radical (unpaired) electrons. The number of ether oxygens (including phenoxy) is 2. The fraction of sp³-hybridized carbons (Fsp3) is 0.889. The summed E-state index contributed by atoms with van der Waals surface area (Å²) < 4.78 is 35.7. The van der Waals surface area contributed by atoms with Crippen molar-refractivity contribution in [1.82, 2.24) is 0 Å². The predicted molar refractivity (Wildman–Crippen MR) is 59.5 cm³/mol. The second-order valence-corrected chi connectivity index (χ2v) is 6.20. The first kappa shape index (κ1) is 13.8. The van der Waals surface area contributed by atoms with Crippen molar-refractivity contribution in [2.45, 2.75) is 24.1 Å². The van der Waals surface area contributed by atoms with E-state index >= 15 is 0 Å². The van der Waals surface area contributed by atoms with Crippen LogP contribution in [-0.2, 0) is 19.5 Å². The third kappa shape index (κ3) is 2.29. The summed E-state index contributed by atoms with van der Waals surface area (Å²) in [5.41, 5.74) is -1.35. The molecule has 104 valence electrons. The molecule has 9 heteroatoms. The lowest BCUT2D eigenvalue weighted by Crippen LogP contribution is -2.60. The van der Waals surface area contributed by atoms with Crippen LogP contribution in [0.1, 0.15) is 0 Å². The Morgan fingerprint density at radius 3 is 2.72 bits per heavy atom. The molecular formula is C9H15NO7S. The summed E-state index contributed by atoms with van der Waals surface area (Å²) in [6, 6.07) is 0. The van der Waals surface area contributed by atoms with Gasteiger partial charge in [0.15, 0.2) is 6.29 Å². The minimum Gasteiger partial charge on any atom is -0.393 e. The van der Waals surface area contributed by atoms with Gasteiger partial charge in [-0.3, -0.25) is 0 Å². The van der Waals surface area contributed by atoms with E-state index in [1.807, 2.05) is 0 Å². The van der Waals surface area contributed by atoms with Crippen molar-refractivity contribution in [1.29, 1.82) is 0 Å². The Morgan fingerprint density at radius 2 is 2.17 bits per heavy atom. The molecule has 1 unspecified atom stereocenters. The van der Waals surface area contributed by atoms with E-state index in [1.165, 1.54) is 0 Å². The van der Waals surface area contributed by atoms with Crippen molar-refractivity contribution >= 4 is 16.2 Å². The smallest absolute Gasteiger partial charge is 0.249 e. The van der Waals surface area contributed by atoms with Crippen LogP contribution in [-0.4, -0.2) is 73.5 Å². The maximum absolute atomic E-state index is 10.9. The Bertz CT molecular complexity index is 450. The van der Waals surface area contributed by atoms with Crippen molar-refractivity contribution in [3.63, 3.8) is 0 Å². The lowest BCUT2D eigenvalue weighted by molar-refractivity contribution is -0.233. The van der Waals surface area contributed by atoms with Crippen LogP contribution >= 0.6 is 0 Å². The monoisotopic (exact) mass is 281 g/mol. The highest BCUT2D eigenvalue weighted by Gasteiger charge is 2.58. The van der Waals surface area contributed by atoms with E-state index in [0.717, 1.165) is 12.5 Å².